The molecule has 736 valence electrons. The summed E-state index contributed by atoms with van der Waals surface area (Å²) in [5.41, 5.74) is 9.69. The van der Waals surface area contributed by atoms with Crippen LogP contribution in [0.25, 0.3) is 0 Å². The van der Waals surface area contributed by atoms with Crippen molar-refractivity contribution >= 4 is 0 Å². The first-order valence-corrected chi connectivity index (χ1v) is 56.2. The van der Waals surface area contributed by atoms with Crippen LogP contribution in [0.4, 0.5) is 0 Å². The Morgan fingerprint density at radius 1 is 0.183 bits per heavy atom. The predicted octanol–water partition coefficient (Wildman–Crippen LogP) is 36.7. The van der Waals surface area contributed by atoms with E-state index in [2.05, 4.69) is 208 Å². The van der Waals surface area contributed by atoms with Gasteiger partial charge in [0.05, 0.1) is 71.2 Å². The van der Waals surface area contributed by atoms with Gasteiger partial charge in [-0.2, -0.15) is 0 Å². The van der Waals surface area contributed by atoms with Gasteiger partial charge in [0.25, 0.3) is 0 Å². The number of fused-ring (bicyclic) bond motifs is 1. The van der Waals surface area contributed by atoms with Crippen molar-refractivity contribution in [1.82, 2.24) is 0 Å². The Hall–Kier alpha value is -0.240. The third-order valence-electron chi connectivity index (χ3n) is 39.0. The second-order valence-corrected chi connectivity index (χ2v) is 60.1. The van der Waals surface area contributed by atoms with Gasteiger partial charge in [-0.1, -0.05) is 208 Å². The average molecular weight is 1760 g/mol. The molecule has 18 aliphatic carbocycles. The second-order valence-electron chi connectivity index (χ2n) is 60.1. The SMILES string of the molecule is CC(C)(C)C1CCC2(CC2)C1.CC(C)(C)C1CCC2(CCC2)CC1.CC(C)(C)C1CCC2(CCCC2)C1.CC(C)(C)C1CCC2(CCCC2)CC1.CC(C)(C)C1COC2(CC2)C1.CC(C)(C)C1COC2(CCCC2)C1.CC(C)(C)OC1C2CCCC21.CC(C)(C)OC1CC2(CCC2)C1.CC(C)(C)OC1CC2(CCCCC2)C1.CC(C)(C)OC1CCC2(CCC2)CC1. The van der Waals surface area contributed by atoms with Gasteiger partial charge in [0.1, 0.15) is 0 Å². The van der Waals surface area contributed by atoms with Gasteiger partial charge in [0.15, 0.2) is 0 Å². The topological polar surface area (TPSA) is 55.4 Å². The van der Waals surface area contributed by atoms with Crippen molar-refractivity contribution in [2.75, 3.05) is 13.2 Å². The third-order valence-corrected chi connectivity index (χ3v) is 39.0. The molecular weight excluding hydrogens is 1540 g/mol. The number of ether oxygens (including phenoxy) is 6. The standard InChI is InChI=1S/C14H26.2C13H24O.2C13H24.C12H22O.C11H20O.C11H20.2C10H18O/c1-13(2,3)12-6-10-14(11-7-12)8-4-5-9-14;1-12(2,3)14-11-5-9-13(10-6-11)7-4-8-13;1-12(2,3)14-11-9-13(10-11)7-5-4-6-8-13;1-12(2,3)11-5-9-13(10-6-11)7-4-8-13;1-12(2,3)11-6-9-13(10-11)7-4-5-8-13;1-11(2,3)10-8-12(13-9-10)6-4-5-7-12;1-10(2,3)12-9-7-11(8-9)5-4-6-11;1-10(2,3)9-4-5-11(8-9)6-7-11;1-9(2,3)8-6-10(4-5-10)11-7-8;1-10(2,3)11-9-7-5-4-6-8(7)9/h12H,4-11H2,1-3H3;2*11H,4-10H2,1-3H3;2*11H,4-10H2,1-3H3;10H,4-9H2,1-3H3;9H,4-8H2,1-3H3;9H,4-8H2,1-3H3;8H,4-7H2,1-3H3;7-9H,4-6H2,1-3H3. The number of hydrogen-bond donors (Lipinski definition) is 0. The van der Waals surface area contributed by atoms with E-state index in [1.165, 1.54) is 315 Å². The molecule has 0 aromatic heterocycles. The van der Waals surface area contributed by atoms with E-state index >= 15 is 0 Å². The molecule has 6 nitrogen and oxygen atoms in total. The monoisotopic (exact) mass is 1760 g/mol. The molecule has 6 heteroatoms. The van der Waals surface area contributed by atoms with Crippen LogP contribution in [-0.4, -0.2) is 71.2 Å². The molecule has 20 rings (SSSR count). The molecule has 2 saturated heterocycles. The van der Waals surface area contributed by atoms with Crippen molar-refractivity contribution in [2.45, 2.75) is 632 Å². The molecule has 2 aliphatic heterocycles. The van der Waals surface area contributed by atoms with Gasteiger partial charge in [-0.3, -0.25) is 0 Å². The zero-order valence-corrected chi connectivity index (χ0v) is 90.6. The fourth-order valence-corrected chi connectivity index (χ4v) is 28.9. The predicted molar refractivity (Wildman–Crippen MR) is 541 cm³/mol. The molecule has 0 radical (unpaired) electrons. The van der Waals surface area contributed by atoms with Crippen LogP contribution in [0.5, 0.6) is 0 Å². The van der Waals surface area contributed by atoms with E-state index in [0.29, 0.717) is 73.5 Å². The average Bonchev–Trinajstić information content (AvgIpc) is 1.67. The Morgan fingerprint density at radius 3 is 0.698 bits per heavy atom. The van der Waals surface area contributed by atoms with E-state index in [9.17, 15) is 0 Å². The Bertz CT molecular complexity index is 3070. The molecule has 6 atom stereocenters. The molecule has 9 spiro atoms. The maximum Gasteiger partial charge on any atom is 0.0688 e. The Labute approximate surface area is 786 Å². The van der Waals surface area contributed by atoms with Crippen LogP contribution in [-0.2, 0) is 28.4 Å². The van der Waals surface area contributed by atoms with Crippen LogP contribution < -0.4 is 0 Å². The van der Waals surface area contributed by atoms with E-state index in [4.69, 9.17) is 28.4 Å². The normalized spacial score (nSPS) is 33.2. The van der Waals surface area contributed by atoms with Crippen LogP contribution >= 0.6 is 0 Å². The van der Waals surface area contributed by atoms with Gasteiger partial charge in [-0.15, -0.1) is 0 Å². The lowest BCUT2D eigenvalue weighted by atomic mass is 9.55. The summed E-state index contributed by atoms with van der Waals surface area (Å²) in [5, 5.41) is 0. The Balaban J connectivity index is 0.000000136. The van der Waals surface area contributed by atoms with Gasteiger partial charge in [-0.05, 0) is 483 Å². The lowest BCUT2D eigenvalue weighted by Gasteiger charge is -2.55. The van der Waals surface area contributed by atoms with Gasteiger partial charge >= 0.3 is 0 Å². The molecule has 0 aromatic rings. The van der Waals surface area contributed by atoms with Gasteiger partial charge in [-0.25, -0.2) is 0 Å². The minimum Gasteiger partial charge on any atom is -0.375 e. The third kappa shape index (κ3) is 31.6. The molecule has 126 heavy (non-hydrogen) atoms. The number of hydrogen-bond acceptors (Lipinski definition) is 6. The van der Waals surface area contributed by atoms with E-state index in [1.54, 1.807) is 51.4 Å². The first kappa shape index (κ1) is 106. The second kappa shape index (κ2) is 41.4. The zero-order chi connectivity index (χ0) is 92.4. The summed E-state index contributed by atoms with van der Waals surface area (Å²) in [6.45, 7) is 70.9. The molecule has 0 amide bonds. The van der Waals surface area contributed by atoms with Crippen molar-refractivity contribution < 1.29 is 28.4 Å². The molecule has 0 N–H and O–H groups in total. The lowest BCUT2D eigenvalue weighted by Crippen LogP contribution is -2.49. The molecule has 6 unspecified atom stereocenters. The summed E-state index contributed by atoms with van der Waals surface area (Å²) >= 11 is 0. The van der Waals surface area contributed by atoms with E-state index in [1.807, 2.05) is 0 Å². The highest BCUT2D eigenvalue weighted by molar-refractivity contribution is 5.07. The van der Waals surface area contributed by atoms with Crippen molar-refractivity contribution in [3.05, 3.63) is 0 Å². The van der Waals surface area contributed by atoms with Crippen molar-refractivity contribution in [2.24, 2.45) is 118 Å². The summed E-state index contributed by atoms with van der Waals surface area (Å²) < 4.78 is 35.7. The fourth-order valence-electron chi connectivity index (χ4n) is 28.9. The quantitative estimate of drug-likeness (QED) is 0.280. The van der Waals surface area contributed by atoms with Crippen LogP contribution in [0.1, 0.15) is 574 Å². The summed E-state index contributed by atoms with van der Waals surface area (Å²) in [5.74, 6) is 7.47. The van der Waals surface area contributed by atoms with Gasteiger partial charge in [0.2, 0.25) is 0 Å². The smallest absolute Gasteiger partial charge is 0.0688 e. The molecule has 20 fully saturated rings. The van der Waals surface area contributed by atoms with Crippen LogP contribution in [0.3, 0.4) is 0 Å². The van der Waals surface area contributed by atoms with Crippen LogP contribution in [0, 0.1) is 118 Å². The van der Waals surface area contributed by atoms with E-state index < -0.39 is 0 Å². The van der Waals surface area contributed by atoms with Crippen molar-refractivity contribution in [1.29, 1.82) is 0 Å². The fraction of sp³-hybridized carbons (Fsp3) is 1.00. The van der Waals surface area contributed by atoms with Crippen molar-refractivity contribution in [3.8, 4) is 0 Å². The van der Waals surface area contributed by atoms with Gasteiger partial charge < -0.3 is 28.4 Å². The summed E-state index contributed by atoms with van der Waals surface area (Å²) in [6.07, 6.45) is 85.5. The molecule has 18 saturated carbocycles. The van der Waals surface area contributed by atoms with Crippen molar-refractivity contribution in [3.63, 3.8) is 0 Å². The molecular formula is C120H220O6. The highest BCUT2D eigenvalue weighted by Gasteiger charge is 2.57. The minimum absolute atomic E-state index is 0.0504. The molecule has 0 bridgehead atoms. The first-order valence-electron chi connectivity index (χ1n) is 56.2. The molecule has 0 aromatic carbocycles. The largest absolute Gasteiger partial charge is 0.375 e. The molecule has 2 heterocycles. The highest BCUT2D eigenvalue weighted by Crippen LogP contribution is 2.65. The molecule has 20 aliphatic rings. The summed E-state index contributed by atoms with van der Waals surface area (Å²) in [7, 11) is 0. The van der Waals surface area contributed by atoms with E-state index in [0.717, 1.165) is 93.0 Å². The maximum atomic E-state index is 6.04. The number of rotatable bonds is 4. The highest BCUT2D eigenvalue weighted by atomic mass is 16.5. The van der Waals surface area contributed by atoms with Crippen LogP contribution in [0.2, 0.25) is 0 Å². The summed E-state index contributed by atoms with van der Waals surface area (Å²) in [4.78, 5) is 0. The minimum atomic E-state index is 0.0504. The van der Waals surface area contributed by atoms with E-state index in [-0.39, 0.29) is 22.4 Å². The zero-order valence-electron chi connectivity index (χ0n) is 90.6. The Kier molecular flexibility index (Phi) is 34.9. The Morgan fingerprint density at radius 2 is 0.437 bits per heavy atom. The first-order chi connectivity index (χ1) is 58.2. The van der Waals surface area contributed by atoms with Crippen LogP contribution in [0.15, 0.2) is 0 Å². The maximum absolute atomic E-state index is 6.04. The lowest BCUT2D eigenvalue weighted by molar-refractivity contribution is -0.165. The summed E-state index contributed by atoms with van der Waals surface area (Å²) in [6, 6.07) is 0. The van der Waals surface area contributed by atoms with Gasteiger partial charge in [0, 0.05) is 0 Å².